The minimum Gasteiger partial charge on any atom is -0.490 e. The van der Waals surface area contributed by atoms with E-state index >= 15 is 0 Å². The van der Waals surface area contributed by atoms with Gasteiger partial charge in [0, 0.05) is 32.4 Å². The van der Waals surface area contributed by atoms with Gasteiger partial charge in [0.15, 0.2) is 17.5 Å². The molecule has 0 atom stereocenters. The molecule has 1 aromatic heterocycles. The van der Waals surface area contributed by atoms with Crippen LogP contribution in [0, 0.1) is 6.92 Å². The summed E-state index contributed by atoms with van der Waals surface area (Å²) in [6.45, 7) is 5.93. The first kappa shape index (κ1) is 21.2. The van der Waals surface area contributed by atoms with Gasteiger partial charge >= 0.3 is 0 Å². The normalized spacial score (nSPS) is 11.1. The highest BCUT2D eigenvalue weighted by Crippen LogP contribution is 2.30. The van der Waals surface area contributed by atoms with Crippen LogP contribution in [0.1, 0.15) is 23.6 Å². The number of hydrogen-bond donors (Lipinski definition) is 2. The fraction of sp³-hybridized carbons (Fsp3) is 0.250. The molecule has 0 aliphatic carbocycles. The Hall–Kier alpha value is -3.54. The molecular formula is C24H28N4O2. The molecule has 0 spiro atoms. The lowest BCUT2D eigenvalue weighted by molar-refractivity contribution is 0.319. The van der Waals surface area contributed by atoms with Crippen LogP contribution in [0.5, 0.6) is 17.4 Å². The first-order valence-electron chi connectivity index (χ1n) is 10.0. The van der Waals surface area contributed by atoms with Gasteiger partial charge < -0.3 is 20.1 Å². The van der Waals surface area contributed by atoms with Gasteiger partial charge in [0.05, 0.1) is 6.61 Å². The van der Waals surface area contributed by atoms with E-state index in [9.17, 15) is 0 Å². The van der Waals surface area contributed by atoms with Gasteiger partial charge in [0.25, 0.3) is 0 Å². The first-order chi connectivity index (χ1) is 14.7. The van der Waals surface area contributed by atoms with E-state index in [2.05, 4.69) is 51.8 Å². The van der Waals surface area contributed by atoms with Gasteiger partial charge in [-0.15, -0.1) is 0 Å². The van der Waals surface area contributed by atoms with Gasteiger partial charge in [-0.3, -0.25) is 4.99 Å². The Morgan fingerprint density at radius 2 is 1.57 bits per heavy atom. The van der Waals surface area contributed by atoms with Crippen LogP contribution in [0.4, 0.5) is 0 Å². The van der Waals surface area contributed by atoms with Gasteiger partial charge in [-0.05, 0) is 37.1 Å². The molecule has 0 aliphatic rings. The third kappa shape index (κ3) is 6.24. The molecular weight excluding hydrogens is 376 g/mol. The molecule has 30 heavy (non-hydrogen) atoms. The van der Waals surface area contributed by atoms with Crippen molar-refractivity contribution in [2.75, 3.05) is 13.7 Å². The Bertz CT molecular complexity index is 954. The monoisotopic (exact) mass is 404 g/mol. The van der Waals surface area contributed by atoms with Crippen LogP contribution >= 0.6 is 0 Å². The van der Waals surface area contributed by atoms with Crippen molar-refractivity contribution in [3.05, 3.63) is 83.6 Å². The smallest absolute Gasteiger partial charge is 0.219 e. The maximum absolute atomic E-state index is 5.87. The van der Waals surface area contributed by atoms with Crippen LogP contribution in [0.3, 0.4) is 0 Å². The molecule has 0 saturated carbocycles. The van der Waals surface area contributed by atoms with Gasteiger partial charge in [0.1, 0.15) is 0 Å². The summed E-state index contributed by atoms with van der Waals surface area (Å²) in [6.07, 6.45) is 1.79. The number of ether oxygens (including phenoxy) is 2. The van der Waals surface area contributed by atoms with Crippen LogP contribution in [0.25, 0.3) is 0 Å². The number of guanidine groups is 1. The van der Waals surface area contributed by atoms with Gasteiger partial charge in [-0.25, -0.2) is 4.98 Å². The highest BCUT2D eigenvalue weighted by molar-refractivity contribution is 5.79. The fourth-order valence-corrected chi connectivity index (χ4v) is 2.80. The third-order valence-corrected chi connectivity index (χ3v) is 4.43. The highest BCUT2D eigenvalue weighted by atomic mass is 16.5. The van der Waals surface area contributed by atoms with Crippen molar-refractivity contribution in [1.82, 2.24) is 15.6 Å². The number of pyridine rings is 1. The number of hydrogen-bond acceptors (Lipinski definition) is 4. The van der Waals surface area contributed by atoms with Gasteiger partial charge in [-0.2, -0.15) is 0 Å². The minimum absolute atomic E-state index is 0.521. The maximum atomic E-state index is 5.87. The van der Waals surface area contributed by atoms with Crippen molar-refractivity contribution >= 4 is 5.96 Å². The summed E-state index contributed by atoms with van der Waals surface area (Å²) >= 11 is 0. The molecule has 6 heteroatoms. The van der Waals surface area contributed by atoms with Crippen molar-refractivity contribution in [1.29, 1.82) is 0 Å². The number of rotatable bonds is 8. The van der Waals surface area contributed by atoms with Crippen molar-refractivity contribution in [3.8, 4) is 17.4 Å². The number of aryl methyl sites for hydroxylation is 1. The van der Waals surface area contributed by atoms with E-state index in [1.807, 2.05) is 43.3 Å². The van der Waals surface area contributed by atoms with Gasteiger partial charge in [0.2, 0.25) is 5.88 Å². The molecule has 3 aromatic rings. The molecule has 0 fully saturated rings. The zero-order chi connectivity index (χ0) is 21.2. The molecule has 0 aliphatic heterocycles. The van der Waals surface area contributed by atoms with E-state index in [1.54, 1.807) is 13.2 Å². The number of aliphatic imine (C=N–C) groups is 1. The summed E-state index contributed by atoms with van der Waals surface area (Å²) in [5, 5.41) is 6.62. The number of nitrogens with one attached hydrogen (secondary N) is 2. The lowest BCUT2D eigenvalue weighted by Crippen LogP contribution is -2.36. The van der Waals surface area contributed by atoms with E-state index in [4.69, 9.17) is 9.47 Å². The van der Waals surface area contributed by atoms with Crippen LogP contribution in [0.2, 0.25) is 0 Å². The molecule has 0 saturated heterocycles. The molecule has 6 nitrogen and oxygen atoms in total. The predicted octanol–water partition coefficient (Wildman–Crippen LogP) is 4.45. The highest BCUT2D eigenvalue weighted by Gasteiger charge is 2.06. The quantitative estimate of drug-likeness (QED) is 0.429. The summed E-state index contributed by atoms with van der Waals surface area (Å²) in [5.74, 6) is 2.61. The average Bonchev–Trinajstić information content (AvgIpc) is 2.77. The lowest BCUT2D eigenvalue weighted by Gasteiger charge is -2.13. The largest absolute Gasteiger partial charge is 0.490 e. The van der Waals surface area contributed by atoms with Crippen molar-refractivity contribution < 1.29 is 9.47 Å². The van der Waals surface area contributed by atoms with E-state index < -0.39 is 0 Å². The molecule has 0 radical (unpaired) electrons. The second-order valence-electron chi connectivity index (χ2n) is 6.75. The Balaban J connectivity index is 1.52. The second kappa shape index (κ2) is 10.9. The summed E-state index contributed by atoms with van der Waals surface area (Å²) in [4.78, 5) is 8.67. The predicted molar refractivity (Wildman–Crippen MR) is 120 cm³/mol. The molecule has 0 bridgehead atoms. The van der Waals surface area contributed by atoms with Crippen LogP contribution in [-0.2, 0) is 13.1 Å². The Labute approximate surface area is 178 Å². The molecule has 0 unspecified atom stereocenters. The SMILES string of the molecule is CCOc1ccccc1Oc1ccc(CNC(=NC)NCc2ccc(C)cc2)cn1. The molecule has 3 rings (SSSR count). The van der Waals surface area contributed by atoms with Crippen molar-refractivity contribution in [2.24, 2.45) is 4.99 Å². The number of para-hydroxylation sites is 2. The standard InChI is InChI=1S/C24H28N4O2/c1-4-29-21-7-5-6-8-22(21)30-23-14-13-20(16-26-23)17-28-24(25-3)27-15-19-11-9-18(2)10-12-19/h5-14,16H,4,15,17H2,1-3H3,(H2,25,27,28). The summed E-state index contributed by atoms with van der Waals surface area (Å²) in [5.41, 5.74) is 3.49. The van der Waals surface area contributed by atoms with Crippen LogP contribution < -0.4 is 20.1 Å². The molecule has 0 amide bonds. The summed E-state index contributed by atoms with van der Waals surface area (Å²) < 4.78 is 11.5. The topological polar surface area (TPSA) is 67.8 Å². The van der Waals surface area contributed by atoms with E-state index in [1.165, 1.54) is 11.1 Å². The molecule has 2 aromatic carbocycles. The summed E-state index contributed by atoms with van der Waals surface area (Å²) in [7, 11) is 1.76. The number of nitrogens with zero attached hydrogens (tertiary/aromatic N) is 2. The minimum atomic E-state index is 0.521. The maximum Gasteiger partial charge on any atom is 0.219 e. The van der Waals surface area contributed by atoms with Crippen LogP contribution in [-0.4, -0.2) is 24.6 Å². The van der Waals surface area contributed by atoms with E-state index in [0.29, 0.717) is 37.1 Å². The van der Waals surface area contributed by atoms with Crippen molar-refractivity contribution in [2.45, 2.75) is 26.9 Å². The lowest BCUT2D eigenvalue weighted by atomic mass is 10.1. The third-order valence-electron chi connectivity index (χ3n) is 4.43. The van der Waals surface area contributed by atoms with Gasteiger partial charge in [-0.1, -0.05) is 48.0 Å². The van der Waals surface area contributed by atoms with E-state index in [-0.39, 0.29) is 0 Å². The zero-order valence-electron chi connectivity index (χ0n) is 17.7. The second-order valence-corrected chi connectivity index (χ2v) is 6.75. The van der Waals surface area contributed by atoms with E-state index in [0.717, 1.165) is 11.5 Å². The molecule has 156 valence electrons. The average molecular weight is 405 g/mol. The Morgan fingerprint density at radius 3 is 2.20 bits per heavy atom. The fourth-order valence-electron chi connectivity index (χ4n) is 2.80. The zero-order valence-corrected chi connectivity index (χ0v) is 17.7. The Kier molecular flexibility index (Phi) is 7.66. The number of aromatic nitrogens is 1. The summed E-state index contributed by atoms with van der Waals surface area (Å²) in [6, 6.07) is 19.8. The van der Waals surface area contributed by atoms with Crippen molar-refractivity contribution in [3.63, 3.8) is 0 Å². The first-order valence-corrected chi connectivity index (χ1v) is 10.0. The van der Waals surface area contributed by atoms with Crippen LogP contribution in [0.15, 0.2) is 71.9 Å². The molecule has 1 heterocycles. The Morgan fingerprint density at radius 1 is 0.900 bits per heavy atom. The molecule has 2 N–H and O–H groups in total. The number of benzene rings is 2.